The topological polar surface area (TPSA) is 60.4 Å². The molecule has 0 aliphatic heterocycles. The van der Waals surface area contributed by atoms with E-state index in [1.165, 1.54) is 24.3 Å². The van der Waals surface area contributed by atoms with Gasteiger partial charge < -0.3 is 4.74 Å². The highest BCUT2D eigenvalue weighted by molar-refractivity contribution is 9.10. The molecule has 0 radical (unpaired) electrons. The van der Waals surface area contributed by atoms with Gasteiger partial charge in [-0.2, -0.15) is 0 Å². The minimum atomic E-state index is -3.29. The first-order valence-corrected chi connectivity index (χ1v) is 8.81. The fraction of sp³-hybridized carbons (Fsp3) is 0.0714. The molecule has 0 spiro atoms. The maximum atomic E-state index is 12.0. The highest BCUT2D eigenvalue weighted by Gasteiger charge is 2.13. The fourth-order valence-electron chi connectivity index (χ4n) is 1.55. The molecule has 0 atom stereocenters. The van der Waals surface area contributed by atoms with Crippen LogP contribution in [0, 0.1) is 0 Å². The largest absolute Gasteiger partial charge is 0.422 e. The first-order chi connectivity index (χ1) is 9.77. The lowest BCUT2D eigenvalue weighted by Crippen LogP contribution is -2.09. The lowest BCUT2D eigenvalue weighted by Gasteiger charge is -2.07. The number of hydrogen-bond acceptors (Lipinski definition) is 4. The molecule has 0 aliphatic carbocycles. The molecule has 0 aliphatic rings. The lowest BCUT2D eigenvalue weighted by molar-refractivity contribution is 0.0733. The Morgan fingerprint density at radius 1 is 1.14 bits per heavy atom. The number of sulfone groups is 1. The standard InChI is InChI=1S/C14H10BrClO4S/c1-21(18,19)11-5-2-9(3-6-11)14(17)20-13-7-4-10(16)8-12(13)15/h2-8H,1H3. The highest BCUT2D eigenvalue weighted by atomic mass is 79.9. The first-order valence-electron chi connectivity index (χ1n) is 5.75. The second-order valence-corrected chi connectivity index (χ2v) is 7.57. The Balaban J connectivity index is 2.21. The molecule has 0 amide bonds. The van der Waals surface area contributed by atoms with Crippen LogP contribution in [-0.4, -0.2) is 20.6 Å². The number of esters is 1. The van der Waals surface area contributed by atoms with Crippen LogP contribution in [0.5, 0.6) is 5.75 Å². The van der Waals surface area contributed by atoms with E-state index >= 15 is 0 Å². The van der Waals surface area contributed by atoms with Gasteiger partial charge in [-0.05, 0) is 58.4 Å². The van der Waals surface area contributed by atoms with E-state index in [0.29, 0.717) is 15.2 Å². The molecule has 2 rings (SSSR count). The van der Waals surface area contributed by atoms with Crippen LogP contribution in [0.2, 0.25) is 5.02 Å². The number of benzene rings is 2. The maximum absolute atomic E-state index is 12.0. The molecular weight excluding hydrogens is 380 g/mol. The monoisotopic (exact) mass is 388 g/mol. The van der Waals surface area contributed by atoms with E-state index in [1.54, 1.807) is 18.2 Å². The second kappa shape index (κ2) is 6.17. The van der Waals surface area contributed by atoms with E-state index < -0.39 is 15.8 Å². The van der Waals surface area contributed by atoms with Crippen molar-refractivity contribution in [2.24, 2.45) is 0 Å². The minimum absolute atomic E-state index is 0.145. The predicted octanol–water partition coefficient (Wildman–Crippen LogP) is 3.73. The summed E-state index contributed by atoms with van der Waals surface area (Å²) < 4.78 is 28.5. The van der Waals surface area contributed by atoms with Crippen molar-refractivity contribution < 1.29 is 17.9 Å². The minimum Gasteiger partial charge on any atom is -0.422 e. The average molecular weight is 390 g/mol. The molecule has 0 heterocycles. The number of halogens is 2. The van der Waals surface area contributed by atoms with E-state index in [1.807, 2.05) is 0 Å². The van der Waals surface area contributed by atoms with Gasteiger partial charge in [-0.15, -0.1) is 0 Å². The van der Waals surface area contributed by atoms with Gasteiger partial charge in [0.05, 0.1) is 14.9 Å². The van der Waals surface area contributed by atoms with Crippen molar-refractivity contribution >= 4 is 43.3 Å². The molecule has 0 saturated carbocycles. The molecule has 21 heavy (non-hydrogen) atoms. The van der Waals surface area contributed by atoms with E-state index in [2.05, 4.69) is 15.9 Å². The molecular formula is C14H10BrClO4S. The number of carbonyl (C=O) groups is 1. The summed E-state index contributed by atoms with van der Waals surface area (Å²) in [6, 6.07) is 10.3. The van der Waals surface area contributed by atoms with E-state index in [4.69, 9.17) is 16.3 Å². The second-order valence-electron chi connectivity index (χ2n) is 4.26. The molecule has 0 saturated heterocycles. The van der Waals surface area contributed by atoms with Gasteiger partial charge in [0.1, 0.15) is 5.75 Å². The molecule has 0 N–H and O–H groups in total. The quantitative estimate of drug-likeness (QED) is 0.593. The first kappa shape index (κ1) is 16.0. The number of ether oxygens (including phenoxy) is 1. The molecule has 4 nitrogen and oxygen atoms in total. The lowest BCUT2D eigenvalue weighted by atomic mass is 10.2. The Morgan fingerprint density at radius 3 is 2.29 bits per heavy atom. The van der Waals surface area contributed by atoms with Crippen molar-refractivity contribution in [2.45, 2.75) is 4.90 Å². The molecule has 0 unspecified atom stereocenters. The molecule has 0 aromatic heterocycles. The Kier molecular flexibility index (Phi) is 4.70. The van der Waals surface area contributed by atoms with Crippen molar-refractivity contribution in [3.05, 3.63) is 57.5 Å². The van der Waals surface area contributed by atoms with Crippen molar-refractivity contribution in [2.75, 3.05) is 6.26 Å². The zero-order valence-corrected chi connectivity index (χ0v) is 14.0. The van der Waals surface area contributed by atoms with Crippen molar-refractivity contribution in [3.63, 3.8) is 0 Å². The molecule has 2 aromatic carbocycles. The molecule has 0 fully saturated rings. The van der Waals surface area contributed by atoms with Gasteiger partial charge in [-0.25, -0.2) is 13.2 Å². The molecule has 110 valence electrons. The average Bonchev–Trinajstić information content (AvgIpc) is 2.41. The van der Waals surface area contributed by atoms with Gasteiger partial charge >= 0.3 is 5.97 Å². The van der Waals surface area contributed by atoms with E-state index in [9.17, 15) is 13.2 Å². The van der Waals surface area contributed by atoms with Crippen LogP contribution in [0.25, 0.3) is 0 Å². The van der Waals surface area contributed by atoms with Crippen LogP contribution in [0.4, 0.5) is 0 Å². The van der Waals surface area contributed by atoms with Crippen molar-refractivity contribution in [1.82, 2.24) is 0 Å². The van der Waals surface area contributed by atoms with Crippen molar-refractivity contribution in [3.8, 4) is 5.75 Å². The third kappa shape index (κ3) is 4.06. The number of rotatable bonds is 3. The normalized spacial score (nSPS) is 11.2. The summed E-state index contributed by atoms with van der Waals surface area (Å²) in [6.07, 6.45) is 1.10. The maximum Gasteiger partial charge on any atom is 0.343 e. The summed E-state index contributed by atoms with van der Waals surface area (Å²) >= 11 is 9.05. The fourth-order valence-corrected chi connectivity index (χ4v) is 2.95. The Bertz CT molecular complexity index is 785. The summed E-state index contributed by atoms with van der Waals surface area (Å²) in [6.45, 7) is 0. The Labute approximate surface area is 135 Å². The number of hydrogen-bond donors (Lipinski definition) is 0. The van der Waals surface area contributed by atoms with Crippen LogP contribution >= 0.6 is 27.5 Å². The van der Waals surface area contributed by atoms with Crippen molar-refractivity contribution in [1.29, 1.82) is 0 Å². The van der Waals surface area contributed by atoms with Crippen LogP contribution in [0.3, 0.4) is 0 Å². The van der Waals surface area contributed by atoms with Gasteiger partial charge in [0.15, 0.2) is 9.84 Å². The molecule has 0 bridgehead atoms. The van der Waals surface area contributed by atoms with Gasteiger partial charge in [-0.1, -0.05) is 11.6 Å². The zero-order chi connectivity index (χ0) is 15.6. The van der Waals surface area contributed by atoms with Crippen LogP contribution in [0.1, 0.15) is 10.4 Å². The summed E-state index contributed by atoms with van der Waals surface area (Å²) in [5.41, 5.74) is 0.254. The van der Waals surface area contributed by atoms with Gasteiger partial charge in [0, 0.05) is 11.3 Å². The molecule has 7 heteroatoms. The van der Waals surface area contributed by atoms with Crippen LogP contribution in [0.15, 0.2) is 51.8 Å². The highest BCUT2D eigenvalue weighted by Crippen LogP contribution is 2.28. The van der Waals surface area contributed by atoms with Gasteiger partial charge in [0.2, 0.25) is 0 Å². The van der Waals surface area contributed by atoms with Crippen LogP contribution in [-0.2, 0) is 9.84 Å². The predicted molar refractivity (Wildman–Crippen MR) is 83.7 cm³/mol. The summed E-state index contributed by atoms with van der Waals surface area (Å²) in [5, 5.41) is 0.513. The third-order valence-electron chi connectivity index (χ3n) is 2.61. The third-order valence-corrected chi connectivity index (χ3v) is 4.60. The van der Waals surface area contributed by atoms with Gasteiger partial charge in [0.25, 0.3) is 0 Å². The smallest absolute Gasteiger partial charge is 0.343 e. The summed E-state index contributed by atoms with van der Waals surface area (Å²) in [4.78, 5) is 12.1. The molecule has 2 aromatic rings. The number of carbonyl (C=O) groups excluding carboxylic acids is 1. The van der Waals surface area contributed by atoms with Crippen LogP contribution < -0.4 is 4.74 Å². The zero-order valence-electron chi connectivity index (χ0n) is 10.8. The SMILES string of the molecule is CS(=O)(=O)c1ccc(C(=O)Oc2ccc(Cl)cc2Br)cc1. The van der Waals surface area contributed by atoms with Gasteiger partial charge in [-0.3, -0.25) is 0 Å². The summed E-state index contributed by atoms with van der Waals surface area (Å²) in [7, 11) is -3.29. The van der Waals surface area contributed by atoms with E-state index in [0.717, 1.165) is 6.26 Å². The van der Waals surface area contributed by atoms with E-state index in [-0.39, 0.29) is 10.5 Å². The Hall–Kier alpha value is -1.37. The Morgan fingerprint density at radius 2 is 1.76 bits per heavy atom. The summed E-state index contributed by atoms with van der Waals surface area (Å²) in [5.74, 6) is -0.255.